The van der Waals surface area contributed by atoms with Crippen LogP contribution in [0.4, 0.5) is 0 Å². The third-order valence-corrected chi connectivity index (χ3v) is 2.70. The van der Waals surface area contributed by atoms with Crippen molar-refractivity contribution in [3.8, 4) is 5.69 Å². The third kappa shape index (κ3) is 1.26. The molecule has 0 aliphatic heterocycles. The molecule has 1 aliphatic rings. The minimum atomic E-state index is 0.246. The van der Waals surface area contributed by atoms with Crippen LogP contribution in [0.2, 0.25) is 0 Å². The first-order chi connectivity index (χ1) is 7.34. The topological polar surface area (TPSA) is 47.8 Å². The fourth-order valence-electron chi connectivity index (χ4n) is 1.93. The average Bonchev–Trinajstić information content (AvgIpc) is 2.88. The van der Waals surface area contributed by atoms with E-state index < -0.39 is 0 Å². The molecule has 0 saturated carbocycles. The standard InChI is InChI=1S/C11H9N3O/c15-11-4-1-8-7-9(2-3-10(8)11)14-6-5-12-13-14/h2-3,5-7H,1,4H2. The summed E-state index contributed by atoms with van der Waals surface area (Å²) in [5, 5.41) is 7.67. The molecule has 0 radical (unpaired) electrons. The lowest BCUT2D eigenvalue weighted by Crippen LogP contribution is -1.97. The minimum Gasteiger partial charge on any atom is -0.294 e. The van der Waals surface area contributed by atoms with Gasteiger partial charge >= 0.3 is 0 Å². The number of benzene rings is 1. The lowest BCUT2D eigenvalue weighted by Gasteiger charge is -2.02. The Labute approximate surface area is 86.5 Å². The van der Waals surface area contributed by atoms with Gasteiger partial charge in [0.2, 0.25) is 0 Å². The summed E-state index contributed by atoms with van der Waals surface area (Å²) in [5.74, 6) is 0.246. The second-order valence-electron chi connectivity index (χ2n) is 3.61. The fourth-order valence-corrected chi connectivity index (χ4v) is 1.93. The Balaban J connectivity index is 2.11. The number of ketones is 1. The van der Waals surface area contributed by atoms with Gasteiger partial charge in [0.25, 0.3) is 0 Å². The molecule has 0 bridgehead atoms. The number of nitrogens with zero attached hydrogens (tertiary/aromatic N) is 3. The lowest BCUT2D eigenvalue weighted by atomic mass is 10.1. The number of aromatic nitrogens is 3. The molecule has 4 heteroatoms. The molecule has 3 rings (SSSR count). The molecule has 0 fully saturated rings. The van der Waals surface area contributed by atoms with Gasteiger partial charge in [-0.25, -0.2) is 4.68 Å². The van der Waals surface area contributed by atoms with Crippen molar-refractivity contribution >= 4 is 5.78 Å². The zero-order valence-electron chi connectivity index (χ0n) is 8.05. The molecule has 15 heavy (non-hydrogen) atoms. The highest BCUT2D eigenvalue weighted by atomic mass is 16.1. The van der Waals surface area contributed by atoms with Crippen molar-refractivity contribution in [3.05, 3.63) is 41.7 Å². The fraction of sp³-hybridized carbons (Fsp3) is 0.182. The van der Waals surface area contributed by atoms with Crippen LogP contribution in [0.1, 0.15) is 22.3 Å². The van der Waals surface area contributed by atoms with E-state index in [1.807, 2.05) is 18.2 Å². The Morgan fingerprint density at radius 1 is 1.27 bits per heavy atom. The van der Waals surface area contributed by atoms with Crippen LogP contribution in [0, 0.1) is 0 Å². The van der Waals surface area contributed by atoms with E-state index in [2.05, 4.69) is 10.3 Å². The van der Waals surface area contributed by atoms with Gasteiger partial charge in [-0.15, -0.1) is 5.10 Å². The summed E-state index contributed by atoms with van der Waals surface area (Å²) in [7, 11) is 0. The van der Waals surface area contributed by atoms with Crippen molar-refractivity contribution in [1.82, 2.24) is 15.0 Å². The molecule has 0 amide bonds. The van der Waals surface area contributed by atoms with E-state index >= 15 is 0 Å². The quantitative estimate of drug-likeness (QED) is 0.697. The summed E-state index contributed by atoms with van der Waals surface area (Å²) in [6, 6.07) is 5.79. The van der Waals surface area contributed by atoms with E-state index in [0.29, 0.717) is 6.42 Å². The predicted molar refractivity (Wildman–Crippen MR) is 54.0 cm³/mol. The van der Waals surface area contributed by atoms with Gasteiger partial charge in [-0.2, -0.15) is 0 Å². The Bertz CT molecular complexity index is 517. The van der Waals surface area contributed by atoms with Gasteiger partial charge < -0.3 is 0 Å². The maximum atomic E-state index is 11.4. The molecule has 0 unspecified atom stereocenters. The molecule has 4 nitrogen and oxygen atoms in total. The molecule has 2 aromatic rings. The molecule has 0 atom stereocenters. The van der Waals surface area contributed by atoms with Crippen LogP contribution < -0.4 is 0 Å². The van der Waals surface area contributed by atoms with Crippen LogP contribution >= 0.6 is 0 Å². The summed E-state index contributed by atoms with van der Waals surface area (Å²) in [4.78, 5) is 11.4. The van der Waals surface area contributed by atoms with Gasteiger partial charge in [-0.05, 0) is 30.2 Å². The van der Waals surface area contributed by atoms with Gasteiger partial charge in [-0.1, -0.05) is 5.21 Å². The average molecular weight is 199 g/mol. The van der Waals surface area contributed by atoms with Gasteiger partial charge in [0.1, 0.15) is 0 Å². The van der Waals surface area contributed by atoms with Crippen LogP contribution in [0.3, 0.4) is 0 Å². The minimum absolute atomic E-state index is 0.246. The number of carbonyl (C=O) groups is 1. The third-order valence-electron chi connectivity index (χ3n) is 2.70. The van der Waals surface area contributed by atoms with Crippen molar-refractivity contribution in [2.75, 3.05) is 0 Å². The summed E-state index contributed by atoms with van der Waals surface area (Å²) in [5.41, 5.74) is 2.94. The highest BCUT2D eigenvalue weighted by Crippen LogP contribution is 2.23. The Kier molecular flexibility index (Phi) is 1.68. The molecule has 1 heterocycles. The first-order valence-corrected chi connectivity index (χ1v) is 4.87. The molecule has 1 aromatic carbocycles. The Morgan fingerprint density at radius 3 is 3.00 bits per heavy atom. The molecule has 0 spiro atoms. The van der Waals surface area contributed by atoms with Crippen LogP contribution in [-0.4, -0.2) is 20.8 Å². The van der Waals surface area contributed by atoms with E-state index in [-0.39, 0.29) is 5.78 Å². The second kappa shape index (κ2) is 3.02. The van der Waals surface area contributed by atoms with E-state index in [4.69, 9.17) is 0 Å². The van der Waals surface area contributed by atoms with E-state index in [0.717, 1.165) is 23.2 Å². The van der Waals surface area contributed by atoms with E-state index in [9.17, 15) is 4.79 Å². The van der Waals surface area contributed by atoms with Crippen molar-refractivity contribution in [2.24, 2.45) is 0 Å². The van der Waals surface area contributed by atoms with Crippen molar-refractivity contribution in [3.63, 3.8) is 0 Å². The van der Waals surface area contributed by atoms with Crippen LogP contribution in [-0.2, 0) is 6.42 Å². The number of carbonyl (C=O) groups excluding carboxylic acids is 1. The normalized spacial score (nSPS) is 14.3. The maximum absolute atomic E-state index is 11.4. The van der Waals surface area contributed by atoms with E-state index in [1.54, 1.807) is 17.1 Å². The smallest absolute Gasteiger partial charge is 0.163 e. The zero-order valence-corrected chi connectivity index (χ0v) is 8.05. The highest BCUT2D eigenvalue weighted by Gasteiger charge is 2.19. The molecule has 1 aromatic heterocycles. The van der Waals surface area contributed by atoms with Crippen LogP contribution in [0.5, 0.6) is 0 Å². The summed E-state index contributed by atoms with van der Waals surface area (Å²) >= 11 is 0. The van der Waals surface area contributed by atoms with Crippen LogP contribution in [0.15, 0.2) is 30.6 Å². The largest absolute Gasteiger partial charge is 0.294 e. The van der Waals surface area contributed by atoms with Crippen molar-refractivity contribution in [1.29, 1.82) is 0 Å². The second-order valence-corrected chi connectivity index (χ2v) is 3.61. The first-order valence-electron chi connectivity index (χ1n) is 4.87. The van der Waals surface area contributed by atoms with Crippen LogP contribution in [0.25, 0.3) is 5.69 Å². The lowest BCUT2D eigenvalue weighted by molar-refractivity contribution is 0.0994. The van der Waals surface area contributed by atoms with E-state index in [1.165, 1.54) is 0 Å². The molecular formula is C11H9N3O. The predicted octanol–water partition coefficient (Wildman–Crippen LogP) is 1.40. The summed E-state index contributed by atoms with van der Waals surface area (Å²) < 4.78 is 1.70. The van der Waals surface area contributed by atoms with Gasteiger partial charge in [0, 0.05) is 12.0 Å². The SMILES string of the molecule is O=C1CCc2cc(-n3ccnn3)ccc21. The molecular weight excluding hydrogens is 190 g/mol. The molecule has 1 aliphatic carbocycles. The van der Waals surface area contributed by atoms with Gasteiger partial charge in [0.15, 0.2) is 5.78 Å². The number of hydrogen-bond donors (Lipinski definition) is 0. The number of aryl methyl sites for hydroxylation is 1. The first kappa shape index (κ1) is 8.35. The Hall–Kier alpha value is -1.97. The monoisotopic (exact) mass is 199 g/mol. The van der Waals surface area contributed by atoms with Crippen molar-refractivity contribution in [2.45, 2.75) is 12.8 Å². The maximum Gasteiger partial charge on any atom is 0.163 e. The number of hydrogen-bond acceptors (Lipinski definition) is 3. The zero-order chi connectivity index (χ0) is 10.3. The Morgan fingerprint density at radius 2 is 2.20 bits per heavy atom. The molecule has 0 N–H and O–H groups in total. The molecule has 0 saturated heterocycles. The number of rotatable bonds is 1. The molecule has 74 valence electrons. The van der Waals surface area contributed by atoms with Gasteiger partial charge in [-0.3, -0.25) is 4.79 Å². The van der Waals surface area contributed by atoms with Gasteiger partial charge in [0.05, 0.1) is 18.1 Å². The number of fused-ring (bicyclic) bond motifs is 1. The highest BCUT2D eigenvalue weighted by molar-refractivity contribution is 6.00. The van der Waals surface area contributed by atoms with Crippen molar-refractivity contribution < 1.29 is 4.79 Å². The summed E-state index contributed by atoms with van der Waals surface area (Å²) in [6.45, 7) is 0. The number of Topliss-reactive ketones (excluding diaryl/α,β-unsaturated/α-hetero) is 1. The summed E-state index contributed by atoms with van der Waals surface area (Å²) in [6.07, 6.45) is 4.91.